The van der Waals surface area contributed by atoms with Gasteiger partial charge in [0.1, 0.15) is 17.3 Å². The molecule has 0 saturated carbocycles. The highest BCUT2D eigenvalue weighted by Crippen LogP contribution is 2.28. The largest absolute Gasteiger partial charge is 0.497 e. The lowest BCUT2D eigenvalue weighted by atomic mass is 10.2. The van der Waals surface area contributed by atoms with E-state index in [2.05, 4.69) is 4.98 Å². The molecule has 0 aliphatic rings. The van der Waals surface area contributed by atoms with Gasteiger partial charge in [-0.3, -0.25) is 0 Å². The highest BCUT2D eigenvalue weighted by Gasteiger charge is 2.10. The topological polar surface area (TPSA) is 62.3 Å². The average Bonchev–Trinajstić information content (AvgIpc) is 2.86. The lowest BCUT2D eigenvalue weighted by Crippen LogP contribution is -2.09. The molecule has 2 aromatic rings. The summed E-state index contributed by atoms with van der Waals surface area (Å²) in [7, 11) is 3.27. The Bertz CT molecular complexity index is 523. The molecule has 0 saturated heterocycles. The van der Waals surface area contributed by atoms with E-state index in [1.165, 1.54) is 0 Å². The molecule has 1 aromatic heterocycles. The summed E-state index contributed by atoms with van der Waals surface area (Å²) in [6.45, 7) is 0.565. The number of aromatic nitrogens is 2. The van der Waals surface area contributed by atoms with Crippen molar-refractivity contribution in [3.63, 3.8) is 0 Å². The number of ether oxygens (including phenoxy) is 2. The molecule has 18 heavy (non-hydrogen) atoms. The lowest BCUT2D eigenvalue weighted by molar-refractivity contribution is 0.393. The molecule has 1 aromatic carbocycles. The first-order valence-electron chi connectivity index (χ1n) is 5.75. The van der Waals surface area contributed by atoms with Crippen LogP contribution in [0.25, 0.3) is 5.69 Å². The number of benzene rings is 1. The van der Waals surface area contributed by atoms with E-state index in [-0.39, 0.29) is 0 Å². The van der Waals surface area contributed by atoms with Gasteiger partial charge in [0.25, 0.3) is 0 Å². The summed E-state index contributed by atoms with van der Waals surface area (Å²) in [6, 6.07) is 5.69. The molecule has 0 aliphatic carbocycles. The summed E-state index contributed by atoms with van der Waals surface area (Å²) in [6.07, 6.45) is 4.38. The number of imidazole rings is 1. The van der Waals surface area contributed by atoms with Gasteiger partial charge < -0.3 is 19.8 Å². The van der Waals surface area contributed by atoms with E-state index in [9.17, 15) is 0 Å². The van der Waals surface area contributed by atoms with Gasteiger partial charge in [-0.1, -0.05) is 0 Å². The average molecular weight is 247 g/mol. The highest BCUT2D eigenvalue weighted by molar-refractivity contribution is 5.51. The Morgan fingerprint density at radius 2 is 2.11 bits per heavy atom. The van der Waals surface area contributed by atoms with Gasteiger partial charge in [-0.15, -0.1) is 0 Å². The van der Waals surface area contributed by atoms with Gasteiger partial charge in [-0.2, -0.15) is 0 Å². The molecule has 1 heterocycles. The number of rotatable bonds is 5. The van der Waals surface area contributed by atoms with Crippen LogP contribution in [0.3, 0.4) is 0 Å². The molecule has 0 bridgehead atoms. The van der Waals surface area contributed by atoms with E-state index < -0.39 is 0 Å². The summed E-state index contributed by atoms with van der Waals surface area (Å²) >= 11 is 0. The van der Waals surface area contributed by atoms with E-state index in [1.54, 1.807) is 20.4 Å². The molecule has 2 rings (SSSR count). The Balaban J connectivity index is 2.46. The van der Waals surface area contributed by atoms with Crippen molar-refractivity contribution in [1.29, 1.82) is 0 Å². The van der Waals surface area contributed by atoms with E-state index in [1.807, 2.05) is 29.0 Å². The summed E-state index contributed by atoms with van der Waals surface area (Å²) in [4.78, 5) is 4.30. The fraction of sp³-hybridized carbons (Fsp3) is 0.308. The Hall–Kier alpha value is -2.01. The van der Waals surface area contributed by atoms with Gasteiger partial charge in [-0.05, 0) is 18.7 Å². The van der Waals surface area contributed by atoms with Crippen LogP contribution in [-0.2, 0) is 6.42 Å². The zero-order valence-electron chi connectivity index (χ0n) is 10.6. The van der Waals surface area contributed by atoms with E-state index in [0.29, 0.717) is 6.54 Å². The van der Waals surface area contributed by atoms with E-state index in [4.69, 9.17) is 15.2 Å². The molecule has 0 radical (unpaired) electrons. The van der Waals surface area contributed by atoms with Crippen LogP contribution < -0.4 is 15.2 Å². The number of methoxy groups -OCH3 is 2. The zero-order chi connectivity index (χ0) is 13.0. The molecule has 2 N–H and O–H groups in total. The van der Waals surface area contributed by atoms with E-state index in [0.717, 1.165) is 29.4 Å². The van der Waals surface area contributed by atoms with Crippen LogP contribution in [0.2, 0.25) is 0 Å². The molecule has 0 atom stereocenters. The molecule has 0 fully saturated rings. The minimum atomic E-state index is 0.565. The first-order valence-corrected chi connectivity index (χ1v) is 5.75. The normalized spacial score (nSPS) is 10.4. The first-order chi connectivity index (χ1) is 8.80. The third-order valence-electron chi connectivity index (χ3n) is 2.73. The van der Waals surface area contributed by atoms with Crippen molar-refractivity contribution in [3.8, 4) is 17.2 Å². The van der Waals surface area contributed by atoms with Crippen LogP contribution >= 0.6 is 0 Å². The maximum atomic E-state index is 5.58. The van der Waals surface area contributed by atoms with Crippen LogP contribution in [0.5, 0.6) is 11.5 Å². The predicted octanol–water partition coefficient (Wildman–Crippen LogP) is 1.39. The highest BCUT2D eigenvalue weighted by atomic mass is 16.5. The van der Waals surface area contributed by atoms with Crippen LogP contribution in [0, 0.1) is 0 Å². The Kier molecular flexibility index (Phi) is 3.84. The number of hydrogen-bond acceptors (Lipinski definition) is 4. The van der Waals surface area contributed by atoms with Crippen molar-refractivity contribution >= 4 is 0 Å². The first kappa shape index (κ1) is 12.4. The van der Waals surface area contributed by atoms with Gasteiger partial charge in [-0.25, -0.2) is 4.98 Å². The van der Waals surface area contributed by atoms with Crippen molar-refractivity contribution in [2.75, 3.05) is 20.8 Å². The van der Waals surface area contributed by atoms with Crippen molar-refractivity contribution in [3.05, 3.63) is 36.4 Å². The molecular weight excluding hydrogens is 230 g/mol. The van der Waals surface area contributed by atoms with Crippen molar-refractivity contribution in [2.45, 2.75) is 6.42 Å². The molecule has 0 aliphatic heterocycles. The monoisotopic (exact) mass is 247 g/mol. The number of nitrogens with zero attached hydrogens (tertiary/aromatic N) is 2. The standard InChI is InChI=1S/C13H17N3O2/c1-17-10-3-4-11(12(9-10)18-2)16-8-7-15-13(16)5-6-14/h3-4,7-9H,5-6,14H2,1-2H3. The second kappa shape index (κ2) is 5.55. The van der Waals surface area contributed by atoms with Crippen molar-refractivity contribution in [2.24, 2.45) is 5.73 Å². The molecule has 96 valence electrons. The third-order valence-corrected chi connectivity index (χ3v) is 2.73. The molecule has 0 unspecified atom stereocenters. The fourth-order valence-electron chi connectivity index (χ4n) is 1.85. The smallest absolute Gasteiger partial charge is 0.146 e. The molecule has 0 spiro atoms. The number of nitrogens with two attached hydrogens (primary N) is 1. The maximum absolute atomic E-state index is 5.58. The van der Waals surface area contributed by atoms with Gasteiger partial charge in [0.15, 0.2) is 0 Å². The van der Waals surface area contributed by atoms with Gasteiger partial charge >= 0.3 is 0 Å². The lowest BCUT2D eigenvalue weighted by Gasteiger charge is -2.13. The van der Waals surface area contributed by atoms with Crippen molar-refractivity contribution < 1.29 is 9.47 Å². The van der Waals surface area contributed by atoms with E-state index >= 15 is 0 Å². The van der Waals surface area contributed by atoms with Crippen molar-refractivity contribution in [1.82, 2.24) is 9.55 Å². The summed E-state index contributed by atoms with van der Waals surface area (Å²) in [5, 5.41) is 0. The van der Waals surface area contributed by atoms with Crippen LogP contribution in [0.4, 0.5) is 0 Å². The Labute approximate surface area is 106 Å². The second-order valence-electron chi connectivity index (χ2n) is 3.79. The predicted molar refractivity (Wildman–Crippen MR) is 69.4 cm³/mol. The Morgan fingerprint density at radius 1 is 1.28 bits per heavy atom. The molecule has 0 amide bonds. The quantitative estimate of drug-likeness (QED) is 0.867. The fourth-order valence-corrected chi connectivity index (χ4v) is 1.85. The summed E-state index contributed by atoms with van der Waals surface area (Å²) < 4.78 is 12.5. The van der Waals surface area contributed by atoms with Crippen LogP contribution in [0.1, 0.15) is 5.82 Å². The SMILES string of the molecule is COc1ccc(-n2ccnc2CCN)c(OC)c1. The third kappa shape index (κ3) is 2.31. The molecular formula is C13H17N3O2. The summed E-state index contributed by atoms with van der Waals surface area (Å²) in [5.41, 5.74) is 6.51. The summed E-state index contributed by atoms with van der Waals surface area (Å²) in [5.74, 6) is 2.42. The van der Waals surface area contributed by atoms with Gasteiger partial charge in [0.05, 0.1) is 19.9 Å². The minimum Gasteiger partial charge on any atom is -0.497 e. The van der Waals surface area contributed by atoms with Crippen LogP contribution in [-0.4, -0.2) is 30.3 Å². The van der Waals surface area contributed by atoms with Crippen LogP contribution in [0.15, 0.2) is 30.6 Å². The second-order valence-corrected chi connectivity index (χ2v) is 3.79. The minimum absolute atomic E-state index is 0.565. The zero-order valence-corrected chi connectivity index (χ0v) is 10.6. The number of hydrogen-bond donors (Lipinski definition) is 1. The molecule has 5 heteroatoms. The Morgan fingerprint density at radius 3 is 2.78 bits per heavy atom. The maximum Gasteiger partial charge on any atom is 0.146 e. The van der Waals surface area contributed by atoms with Gasteiger partial charge in [0, 0.05) is 24.9 Å². The molecule has 5 nitrogen and oxygen atoms in total. The van der Waals surface area contributed by atoms with Gasteiger partial charge in [0.2, 0.25) is 0 Å².